The van der Waals surface area contributed by atoms with Gasteiger partial charge < -0.3 is 15.0 Å². The lowest BCUT2D eigenvalue weighted by Crippen LogP contribution is -2.41. The molecule has 2 aromatic carbocycles. The van der Waals surface area contributed by atoms with Crippen molar-refractivity contribution in [3.05, 3.63) is 105 Å². The Balaban J connectivity index is 2.00. The lowest BCUT2D eigenvalue weighted by molar-refractivity contribution is -0.120. The molecule has 0 bridgehead atoms. The Bertz CT molecular complexity index is 1360. The van der Waals surface area contributed by atoms with Gasteiger partial charge in [-0.3, -0.25) is 19.2 Å². The van der Waals surface area contributed by atoms with Crippen LogP contribution in [0.15, 0.2) is 77.3 Å². The normalized spacial score (nSPS) is 12.4. The number of allylic oxidation sites excluding steroid dienone is 2. The molecule has 1 N–H and O–H groups in total. The Kier molecular flexibility index (Phi) is 10.2. The van der Waals surface area contributed by atoms with Crippen molar-refractivity contribution in [2.75, 3.05) is 19.5 Å². The maximum absolute atomic E-state index is 13.4. The molecule has 1 heterocycles. The van der Waals surface area contributed by atoms with Gasteiger partial charge in [-0.2, -0.15) is 11.3 Å². The van der Waals surface area contributed by atoms with Gasteiger partial charge in [0, 0.05) is 47.1 Å². The molecule has 1 aromatic heterocycles. The quantitative estimate of drug-likeness (QED) is 0.103. The first-order chi connectivity index (χ1) is 18.3. The average molecular weight is 551 g/mol. The van der Waals surface area contributed by atoms with Crippen LogP contribution < -0.4 is 5.32 Å². The average Bonchev–Trinajstić information content (AvgIpc) is 3.42. The van der Waals surface area contributed by atoms with Crippen molar-refractivity contribution in [1.82, 2.24) is 4.90 Å². The lowest BCUT2D eigenvalue weighted by Gasteiger charge is -2.27. The predicted molar refractivity (Wildman–Crippen MR) is 151 cm³/mol. The molecule has 0 aliphatic rings. The number of nitrogens with zero attached hydrogens (tertiary/aromatic N) is 1. The number of anilines is 1. The molecular formula is C29H27ClN2O5S. The number of ether oxygens (including phenoxy) is 1. The number of nitrogens with one attached hydrogen (secondary N) is 1. The molecule has 1 amide bonds. The highest BCUT2D eigenvalue weighted by Gasteiger charge is 2.25. The van der Waals surface area contributed by atoms with Crippen LogP contribution in [0.2, 0.25) is 5.02 Å². The number of thiophene rings is 1. The van der Waals surface area contributed by atoms with Crippen molar-refractivity contribution < 1.29 is 23.9 Å². The summed E-state index contributed by atoms with van der Waals surface area (Å²) in [5.41, 5.74) is 3.19. The number of halogens is 1. The first-order valence-electron chi connectivity index (χ1n) is 11.6. The summed E-state index contributed by atoms with van der Waals surface area (Å²) in [6.07, 6.45) is 4.65. The van der Waals surface area contributed by atoms with E-state index >= 15 is 0 Å². The van der Waals surface area contributed by atoms with Crippen molar-refractivity contribution in [3.63, 3.8) is 0 Å². The van der Waals surface area contributed by atoms with Crippen LogP contribution >= 0.6 is 22.9 Å². The number of benzene rings is 2. The van der Waals surface area contributed by atoms with E-state index in [1.807, 2.05) is 16.8 Å². The van der Waals surface area contributed by atoms with Gasteiger partial charge in [0.1, 0.15) is 24.4 Å². The van der Waals surface area contributed by atoms with Crippen LogP contribution in [-0.2, 0) is 20.7 Å². The topological polar surface area (TPSA) is 92.8 Å². The van der Waals surface area contributed by atoms with Gasteiger partial charge >= 0.3 is 0 Å². The second-order valence-electron chi connectivity index (χ2n) is 8.41. The van der Waals surface area contributed by atoms with Crippen molar-refractivity contribution >= 4 is 58.5 Å². The number of rotatable bonds is 12. The predicted octanol–water partition coefficient (Wildman–Crippen LogP) is 5.67. The van der Waals surface area contributed by atoms with Crippen molar-refractivity contribution in [1.29, 1.82) is 0 Å². The van der Waals surface area contributed by atoms with Gasteiger partial charge in [0.05, 0.1) is 7.11 Å². The Labute approximate surface area is 230 Å². The number of amides is 1. The van der Waals surface area contributed by atoms with Gasteiger partial charge in [0.25, 0.3) is 0 Å². The fourth-order valence-electron chi connectivity index (χ4n) is 3.85. The Hall–Kier alpha value is -4.01. The molecule has 196 valence electrons. The van der Waals surface area contributed by atoms with Gasteiger partial charge in [-0.25, -0.2) is 0 Å². The van der Waals surface area contributed by atoms with Crippen LogP contribution in [-0.4, -0.2) is 49.4 Å². The minimum atomic E-state index is -0.662. The minimum absolute atomic E-state index is 0.201. The third kappa shape index (κ3) is 7.27. The number of likely N-dealkylation sites (N-methyl/N-ethyl adjacent to an activating group) is 1. The summed E-state index contributed by atoms with van der Waals surface area (Å²) < 4.78 is 5.65. The molecule has 0 spiro atoms. The molecule has 1 unspecified atom stereocenters. The number of ketones is 1. The summed E-state index contributed by atoms with van der Waals surface area (Å²) in [5.74, 6) is -0.215. The van der Waals surface area contributed by atoms with E-state index in [0.717, 1.165) is 11.8 Å². The second kappa shape index (κ2) is 13.5. The van der Waals surface area contributed by atoms with Crippen molar-refractivity contribution in [3.8, 4) is 0 Å². The van der Waals surface area contributed by atoms with Gasteiger partial charge in [-0.15, -0.1) is 0 Å². The van der Waals surface area contributed by atoms with Crippen molar-refractivity contribution in [2.24, 2.45) is 0 Å². The maximum Gasteiger partial charge on any atom is 0.247 e. The molecule has 38 heavy (non-hydrogen) atoms. The van der Waals surface area contributed by atoms with E-state index in [0.29, 0.717) is 45.7 Å². The molecule has 7 nitrogen and oxygen atoms in total. The van der Waals surface area contributed by atoms with E-state index in [4.69, 9.17) is 16.3 Å². The van der Waals surface area contributed by atoms with E-state index in [1.54, 1.807) is 60.6 Å². The van der Waals surface area contributed by atoms with Crippen LogP contribution in [0.3, 0.4) is 0 Å². The summed E-state index contributed by atoms with van der Waals surface area (Å²) in [6, 6.07) is 12.6. The molecule has 9 heteroatoms. The number of methoxy groups -OCH3 is 1. The molecule has 0 fully saturated rings. The fraction of sp³-hybridized carbons (Fsp3) is 0.172. The lowest BCUT2D eigenvalue weighted by atomic mass is 9.95. The number of carbonyl (C=O) groups excluding carboxylic acids is 4. The largest absolute Gasteiger partial charge is 0.495 e. The summed E-state index contributed by atoms with van der Waals surface area (Å²) in [4.78, 5) is 50.0. The molecule has 0 aliphatic heterocycles. The van der Waals surface area contributed by atoms with Gasteiger partial charge in [-0.05, 0) is 83.4 Å². The summed E-state index contributed by atoms with van der Waals surface area (Å²) in [7, 11) is 3.17. The highest BCUT2D eigenvalue weighted by molar-refractivity contribution is 7.07. The molecule has 0 radical (unpaired) electrons. The number of aldehydes is 2. The minimum Gasteiger partial charge on any atom is -0.495 e. The van der Waals surface area contributed by atoms with E-state index in [2.05, 4.69) is 5.32 Å². The number of hydrogen-bond donors (Lipinski definition) is 1. The summed E-state index contributed by atoms with van der Waals surface area (Å²) >= 11 is 7.75. The highest BCUT2D eigenvalue weighted by Crippen LogP contribution is 2.30. The van der Waals surface area contributed by atoms with Crippen LogP contribution in [0.25, 0.3) is 5.57 Å². The third-order valence-corrected chi connectivity index (χ3v) is 6.78. The maximum atomic E-state index is 13.4. The van der Waals surface area contributed by atoms with E-state index < -0.39 is 6.04 Å². The van der Waals surface area contributed by atoms with Crippen LogP contribution in [0, 0.1) is 0 Å². The van der Waals surface area contributed by atoms with Gasteiger partial charge in [0.2, 0.25) is 5.91 Å². The highest BCUT2D eigenvalue weighted by atomic mass is 35.5. The number of Topliss-reactive ketones (excluding diaryl/α,β-unsaturated/α-hetero) is 1. The smallest absolute Gasteiger partial charge is 0.247 e. The van der Waals surface area contributed by atoms with Gasteiger partial charge in [0.15, 0.2) is 5.78 Å². The monoisotopic (exact) mass is 550 g/mol. The zero-order chi connectivity index (χ0) is 27.7. The fourth-order valence-corrected chi connectivity index (χ4v) is 4.70. The molecule has 0 aliphatic carbocycles. The third-order valence-electron chi connectivity index (χ3n) is 5.81. The molecule has 0 saturated heterocycles. The second-order valence-corrected chi connectivity index (χ2v) is 9.62. The van der Waals surface area contributed by atoms with Crippen LogP contribution in [0.4, 0.5) is 5.69 Å². The molecule has 1 atom stereocenters. The molecular weight excluding hydrogens is 524 g/mol. The Morgan fingerprint density at radius 2 is 1.84 bits per heavy atom. The Morgan fingerprint density at radius 3 is 2.42 bits per heavy atom. The first kappa shape index (κ1) is 28.6. The van der Waals surface area contributed by atoms with Crippen LogP contribution in [0.1, 0.15) is 38.8 Å². The number of carbonyl (C=O) groups is 4. The van der Waals surface area contributed by atoms with Gasteiger partial charge in [-0.1, -0.05) is 11.6 Å². The summed E-state index contributed by atoms with van der Waals surface area (Å²) in [5, 5.41) is 7.19. The first-order valence-corrected chi connectivity index (χ1v) is 12.9. The molecule has 3 rings (SSSR count). The zero-order valence-electron chi connectivity index (χ0n) is 21.1. The van der Waals surface area contributed by atoms with E-state index in [9.17, 15) is 19.2 Å². The van der Waals surface area contributed by atoms with Crippen LogP contribution in [0.5, 0.6) is 0 Å². The zero-order valence-corrected chi connectivity index (χ0v) is 22.7. The van der Waals surface area contributed by atoms with E-state index in [-0.39, 0.29) is 17.4 Å². The summed E-state index contributed by atoms with van der Waals surface area (Å²) in [6.45, 7) is 1.43. The Morgan fingerprint density at radius 1 is 1.11 bits per heavy atom. The number of hydrogen-bond acceptors (Lipinski definition) is 7. The molecule has 3 aromatic rings. The van der Waals surface area contributed by atoms with Crippen molar-refractivity contribution in [2.45, 2.75) is 19.4 Å². The SMILES string of the molecule is COC(=C/N(C)C(Cc1ccsc1)C(=O)Nc1ccc(C=O)cc1)/C(=C\C=O)c1cc(Cl)ccc1C(C)=O. The molecule has 0 saturated carbocycles. The van der Waals surface area contributed by atoms with E-state index in [1.165, 1.54) is 31.4 Å². The standard InChI is InChI=1S/C29H27ClN2O5S/c1-19(35)24-9-6-22(30)15-26(24)25(10-12-33)28(37-3)16-32(2)27(14-21-11-13-38-18-21)29(36)31-23-7-4-20(17-34)5-8-23/h4-13,15-18,27H,14H2,1-3H3,(H,31,36)/b25-10-,28-16+.